The smallest absolute Gasteiger partial charge is 0.303 e. The zero-order valence-electron chi connectivity index (χ0n) is 14.5. The highest BCUT2D eigenvalue weighted by atomic mass is 16.4. The van der Waals surface area contributed by atoms with E-state index < -0.39 is 11.9 Å². The summed E-state index contributed by atoms with van der Waals surface area (Å²) < 4.78 is 0. The Bertz CT molecular complexity index is 247. The SMILES string of the molecule is NCCCCCCN.O=C(O)CCCCCCCCCC(=O)O. The lowest BCUT2D eigenvalue weighted by Gasteiger charge is -1.99. The Balaban J connectivity index is 0. The van der Waals surface area contributed by atoms with E-state index in [1.54, 1.807) is 0 Å². The lowest BCUT2D eigenvalue weighted by Crippen LogP contribution is -2.00. The van der Waals surface area contributed by atoms with Crippen LogP contribution in [-0.2, 0) is 9.59 Å². The summed E-state index contributed by atoms with van der Waals surface area (Å²) in [5, 5.41) is 16.8. The predicted molar refractivity (Wildman–Crippen MR) is 93.4 cm³/mol. The van der Waals surface area contributed by atoms with Crippen LogP contribution in [0.3, 0.4) is 0 Å². The number of unbranched alkanes of at least 4 members (excludes halogenated alkanes) is 9. The molecule has 6 N–H and O–H groups in total. The van der Waals surface area contributed by atoms with E-state index >= 15 is 0 Å². The largest absolute Gasteiger partial charge is 0.481 e. The Morgan fingerprint density at radius 3 is 1.04 bits per heavy atom. The van der Waals surface area contributed by atoms with Gasteiger partial charge >= 0.3 is 11.9 Å². The third-order valence-electron chi connectivity index (χ3n) is 3.44. The molecular weight excluding hydrogens is 296 g/mol. The highest BCUT2D eigenvalue weighted by molar-refractivity contribution is 5.66. The van der Waals surface area contributed by atoms with Gasteiger partial charge in [0.1, 0.15) is 0 Å². The molecule has 0 aliphatic rings. The maximum absolute atomic E-state index is 10.2. The highest BCUT2D eigenvalue weighted by Gasteiger charge is 1.98. The molecule has 0 saturated heterocycles. The Hall–Kier alpha value is -1.14. The molecule has 0 unspecified atom stereocenters. The predicted octanol–water partition coefficient (Wildman–Crippen LogP) is 3.13. The molecule has 6 heteroatoms. The summed E-state index contributed by atoms with van der Waals surface area (Å²) in [5.74, 6) is -1.45. The molecule has 0 aliphatic carbocycles. The van der Waals surface area contributed by atoms with Crippen molar-refractivity contribution >= 4 is 11.9 Å². The number of hydrogen-bond donors (Lipinski definition) is 4. The van der Waals surface area contributed by atoms with E-state index in [1.165, 1.54) is 12.8 Å². The summed E-state index contributed by atoms with van der Waals surface area (Å²) >= 11 is 0. The van der Waals surface area contributed by atoms with E-state index in [2.05, 4.69) is 0 Å². The molecule has 23 heavy (non-hydrogen) atoms. The summed E-state index contributed by atoms with van der Waals surface area (Å²) in [6.45, 7) is 1.65. The van der Waals surface area contributed by atoms with Gasteiger partial charge in [-0.25, -0.2) is 0 Å². The Kier molecular flexibility index (Phi) is 21.9. The van der Waals surface area contributed by atoms with Crippen LogP contribution in [0.2, 0.25) is 0 Å². The van der Waals surface area contributed by atoms with Crippen molar-refractivity contribution < 1.29 is 19.8 Å². The lowest BCUT2D eigenvalue weighted by molar-refractivity contribution is -0.138. The van der Waals surface area contributed by atoms with Crippen molar-refractivity contribution in [2.75, 3.05) is 13.1 Å². The molecule has 0 amide bonds. The number of carboxylic acid groups (broad SMARTS) is 2. The summed E-state index contributed by atoms with van der Waals surface area (Å²) in [7, 11) is 0. The molecule has 138 valence electrons. The van der Waals surface area contributed by atoms with Gasteiger partial charge in [0.05, 0.1) is 0 Å². The molecule has 0 saturated carbocycles. The minimum atomic E-state index is -0.726. The molecule has 0 atom stereocenters. The van der Waals surface area contributed by atoms with Crippen LogP contribution in [-0.4, -0.2) is 35.2 Å². The number of nitrogens with two attached hydrogens (primary N) is 2. The van der Waals surface area contributed by atoms with Crippen molar-refractivity contribution in [1.29, 1.82) is 0 Å². The third-order valence-corrected chi connectivity index (χ3v) is 3.44. The van der Waals surface area contributed by atoms with Crippen molar-refractivity contribution in [3.63, 3.8) is 0 Å². The molecule has 0 bridgehead atoms. The van der Waals surface area contributed by atoms with E-state index in [0.29, 0.717) is 0 Å². The number of aliphatic carboxylic acids is 2. The van der Waals surface area contributed by atoms with E-state index in [0.717, 1.165) is 70.9 Å². The van der Waals surface area contributed by atoms with E-state index in [1.807, 2.05) is 0 Å². The maximum atomic E-state index is 10.2. The first kappa shape index (κ1) is 24.1. The fourth-order valence-corrected chi connectivity index (χ4v) is 2.08. The fraction of sp³-hybridized carbons (Fsp3) is 0.882. The average Bonchev–Trinajstić information content (AvgIpc) is 2.50. The number of rotatable bonds is 15. The van der Waals surface area contributed by atoms with Gasteiger partial charge < -0.3 is 21.7 Å². The molecule has 0 spiro atoms. The van der Waals surface area contributed by atoms with Gasteiger partial charge in [-0.05, 0) is 38.8 Å². The quantitative estimate of drug-likeness (QED) is 0.341. The van der Waals surface area contributed by atoms with Gasteiger partial charge in [-0.2, -0.15) is 0 Å². The first-order valence-corrected chi connectivity index (χ1v) is 8.88. The van der Waals surface area contributed by atoms with Crippen LogP contribution >= 0.6 is 0 Å². The second-order valence-electron chi connectivity index (χ2n) is 5.75. The van der Waals surface area contributed by atoms with Gasteiger partial charge in [0.25, 0.3) is 0 Å². The van der Waals surface area contributed by atoms with Crippen molar-refractivity contribution in [2.45, 2.75) is 83.5 Å². The number of hydrogen-bond acceptors (Lipinski definition) is 4. The molecule has 0 fully saturated rings. The molecule has 0 radical (unpaired) electrons. The van der Waals surface area contributed by atoms with Crippen molar-refractivity contribution in [2.24, 2.45) is 11.5 Å². The van der Waals surface area contributed by atoms with Crippen LogP contribution in [0, 0.1) is 0 Å². The molecule has 0 rings (SSSR count). The number of carboxylic acids is 2. The molecular formula is C17H36N2O4. The summed E-state index contributed by atoms with van der Waals surface area (Å²) in [4.78, 5) is 20.4. The van der Waals surface area contributed by atoms with Crippen molar-refractivity contribution in [3.05, 3.63) is 0 Å². The van der Waals surface area contributed by atoms with Crippen LogP contribution < -0.4 is 11.5 Å². The summed E-state index contributed by atoms with van der Waals surface area (Å²) in [5.41, 5.74) is 10.6. The second kappa shape index (κ2) is 20.9. The van der Waals surface area contributed by atoms with Crippen LogP contribution in [0.5, 0.6) is 0 Å². The molecule has 6 nitrogen and oxygen atoms in total. The van der Waals surface area contributed by atoms with Crippen molar-refractivity contribution in [1.82, 2.24) is 0 Å². The maximum Gasteiger partial charge on any atom is 0.303 e. The molecule has 0 aromatic carbocycles. The van der Waals surface area contributed by atoms with E-state index in [4.69, 9.17) is 21.7 Å². The minimum Gasteiger partial charge on any atom is -0.481 e. The van der Waals surface area contributed by atoms with Gasteiger partial charge in [0.15, 0.2) is 0 Å². The standard InChI is InChI=1S/C11H20O4.C6H16N2/c12-10(13)8-6-4-2-1-3-5-7-9-11(14)15;7-5-3-1-2-4-6-8/h1-9H2,(H,12,13)(H,14,15);1-8H2. The average molecular weight is 332 g/mol. The topological polar surface area (TPSA) is 127 Å². The second-order valence-corrected chi connectivity index (χ2v) is 5.75. The highest BCUT2D eigenvalue weighted by Crippen LogP contribution is 2.09. The van der Waals surface area contributed by atoms with Crippen LogP contribution in [0.4, 0.5) is 0 Å². The van der Waals surface area contributed by atoms with Gasteiger partial charge in [-0.15, -0.1) is 0 Å². The van der Waals surface area contributed by atoms with E-state index in [-0.39, 0.29) is 12.8 Å². The third kappa shape index (κ3) is 29.5. The Labute approximate surface area is 140 Å². The lowest BCUT2D eigenvalue weighted by atomic mass is 10.1. The Morgan fingerprint density at radius 2 is 0.783 bits per heavy atom. The fourth-order valence-electron chi connectivity index (χ4n) is 2.08. The van der Waals surface area contributed by atoms with Crippen LogP contribution in [0.1, 0.15) is 83.5 Å². The molecule has 0 aromatic rings. The summed E-state index contributed by atoms with van der Waals surface area (Å²) in [6.07, 6.45) is 11.9. The van der Waals surface area contributed by atoms with Gasteiger partial charge in [0.2, 0.25) is 0 Å². The van der Waals surface area contributed by atoms with Gasteiger partial charge in [-0.3, -0.25) is 9.59 Å². The first-order chi connectivity index (χ1) is 11.0. The summed E-state index contributed by atoms with van der Waals surface area (Å²) in [6, 6.07) is 0. The van der Waals surface area contributed by atoms with E-state index in [9.17, 15) is 9.59 Å². The normalized spacial score (nSPS) is 10.0. The molecule has 0 aliphatic heterocycles. The van der Waals surface area contributed by atoms with Crippen LogP contribution in [0.15, 0.2) is 0 Å². The zero-order valence-corrected chi connectivity index (χ0v) is 14.5. The minimum absolute atomic E-state index is 0.263. The monoisotopic (exact) mass is 332 g/mol. The first-order valence-electron chi connectivity index (χ1n) is 8.88. The molecule has 0 aromatic heterocycles. The molecule has 0 heterocycles. The Morgan fingerprint density at radius 1 is 0.522 bits per heavy atom. The van der Waals surface area contributed by atoms with Gasteiger partial charge in [0, 0.05) is 12.8 Å². The van der Waals surface area contributed by atoms with Crippen molar-refractivity contribution in [3.8, 4) is 0 Å². The van der Waals surface area contributed by atoms with Gasteiger partial charge in [-0.1, -0.05) is 44.9 Å². The number of carbonyl (C=O) groups is 2. The van der Waals surface area contributed by atoms with Crippen LogP contribution in [0.25, 0.3) is 0 Å². The zero-order chi connectivity index (χ0) is 17.8.